The molecule has 20 heavy (non-hydrogen) atoms. The maximum Gasteiger partial charge on any atom is 0.147 e. The van der Waals surface area contributed by atoms with Gasteiger partial charge in [-0.2, -0.15) is 0 Å². The summed E-state index contributed by atoms with van der Waals surface area (Å²) in [4.78, 5) is 12.1. The summed E-state index contributed by atoms with van der Waals surface area (Å²) < 4.78 is 0. The van der Waals surface area contributed by atoms with Crippen molar-refractivity contribution in [2.75, 3.05) is 23.7 Å². The first kappa shape index (κ1) is 13.5. The summed E-state index contributed by atoms with van der Waals surface area (Å²) in [6, 6.07) is 5.60. The normalized spacial score (nSPS) is 14.8. The Morgan fingerprint density at radius 1 is 1.15 bits per heavy atom. The van der Waals surface area contributed by atoms with E-state index in [0.717, 1.165) is 28.8 Å². The number of halogens is 1. The van der Waals surface area contributed by atoms with Gasteiger partial charge < -0.3 is 10.6 Å². The molecule has 1 aliphatic heterocycles. The van der Waals surface area contributed by atoms with Gasteiger partial charge in [0.1, 0.15) is 10.8 Å². The molecule has 0 atom stereocenters. The van der Waals surface area contributed by atoms with Crippen molar-refractivity contribution >= 4 is 34.9 Å². The second kappa shape index (κ2) is 5.89. The molecular weight excluding hydrogens is 292 g/mol. The minimum absolute atomic E-state index is 0.572. The van der Waals surface area contributed by atoms with Crippen molar-refractivity contribution in [2.24, 2.45) is 0 Å². The fourth-order valence-electron chi connectivity index (χ4n) is 2.19. The molecule has 0 bridgehead atoms. The molecule has 1 aromatic heterocycles. The van der Waals surface area contributed by atoms with Crippen molar-refractivity contribution in [3.63, 3.8) is 0 Å². The van der Waals surface area contributed by atoms with E-state index in [0.29, 0.717) is 10.7 Å². The molecule has 2 N–H and O–H groups in total. The third-order valence-electron chi connectivity index (χ3n) is 3.25. The summed E-state index contributed by atoms with van der Waals surface area (Å²) >= 11 is 7.65. The number of anilines is 2. The number of aromatic nitrogens is 2. The Bertz CT molecular complexity index is 597. The molecule has 0 amide bonds. The number of nitrogen functional groups attached to an aromatic ring is 1. The van der Waals surface area contributed by atoms with Crippen LogP contribution in [0.3, 0.4) is 0 Å². The van der Waals surface area contributed by atoms with Gasteiger partial charge in [-0.15, -0.1) is 0 Å². The molecule has 3 rings (SSSR count). The molecule has 1 aromatic carbocycles. The lowest BCUT2D eigenvalue weighted by Crippen LogP contribution is -2.18. The van der Waals surface area contributed by atoms with E-state index in [9.17, 15) is 0 Å². The number of nitrogens with zero attached hydrogens (tertiary/aromatic N) is 3. The highest BCUT2D eigenvalue weighted by Gasteiger charge is 2.14. The van der Waals surface area contributed by atoms with Crippen LogP contribution in [0.25, 0.3) is 0 Å². The summed E-state index contributed by atoms with van der Waals surface area (Å²) in [7, 11) is 0. The predicted octanol–water partition coefficient (Wildman–Crippen LogP) is 3.46. The Kier molecular flexibility index (Phi) is 3.98. The summed E-state index contributed by atoms with van der Waals surface area (Å²) in [5.41, 5.74) is 6.37. The Morgan fingerprint density at radius 3 is 2.65 bits per heavy atom. The van der Waals surface area contributed by atoms with E-state index in [2.05, 4.69) is 14.9 Å². The Morgan fingerprint density at radius 2 is 1.95 bits per heavy atom. The van der Waals surface area contributed by atoms with Crippen LogP contribution in [0.15, 0.2) is 40.5 Å². The van der Waals surface area contributed by atoms with Crippen LogP contribution in [-0.2, 0) is 0 Å². The minimum atomic E-state index is 0.572. The van der Waals surface area contributed by atoms with Crippen LogP contribution in [0, 0.1) is 0 Å². The predicted molar refractivity (Wildman–Crippen MR) is 83.5 cm³/mol. The third-order valence-corrected chi connectivity index (χ3v) is 4.77. The quantitative estimate of drug-likeness (QED) is 0.880. The summed E-state index contributed by atoms with van der Waals surface area (Å²) in [5, 5.41) is 1.39. The summed E-state index contributed by atoms with van der Waals surface area (Å²) in [6.45, 7) is 2.14. The molecule has 6 heteroatoms. The molecule has 1 fully saturated rings. The van der Waals surface area contributed by atoms with Crippen LogP contribution in [0.2, 0.25) is 5.02 Å². The van der Waals surface area contributed by atoms with Crippen LogP contribution in [0.4, 0.5) is 11.5 Å². The zero-order valence-electron chi connectivity index (χ0n) is 10.9. The van der Waals surface area contributed by atoms with Gasteiger partial charge in [0.25, 0.3) is 0 Å². The lowest BCUT2D eigenvalue weighted by molar-refractivity contribution is 0.908. The van der Waals surface area contributed by atoms with Crippen molar-refractivity contribution < 1.29 is 0 Å². The summed E-state index contributed by atoms with van der Waals surface area (Å²) in [6.07, 6.45) is 6.08. The first-order chi connectivity index (χ1) is 9.74. The second-order valence-corrected chi connectivity index (χ2v) is 6.11. The third kappa shape index (κ3) is 2.83. The van der Waals surface area contributed by atoms with E-state index < -0.39 is 0 Å². The first-order valence-electron chi connectivity index (χ1n) is 6.53. The molecule has 0 aliphatic carbocycles. The van der Waals surface area contributed by atoms with Gasteiger partial charge in [-0.05, 0) is 25.0 Å². The number of benzene rings is 1. The molecule has 0 spiro atoms. The molecule has 1 aliphatic rings. The highest BCUT2D eigenvalue weighted by atomic mass is 35.5. The molecule has 2 aromatic rings. The minimum Gasteiger partial charge on any atom is -0.397 e. The monoisotopic (exact) mass is 306 g/mol. The number of rotatable bonds is 3. The zero-order chi connectivity index (χ0) is 13.9. The molecule has 104 valence electrons. The van der Waals surface area contributed by atoms with Gasteiger partial charge in [0.15, 0.2) is 0 Å². The maximum atomic E-state index is 6.18. The van der Waals surface area contributed by atoms with Gasteiger partial charge >= 0.3 is 0 Å². The van der Waals surface area contributed by atoms with E-state index >= 15 is 0 Å². The standard InChI is InChI=1S/C14H15ClN4S/c15-14-10(16)4-3-5-11(14)20-13-9-17-12(8-18-13)19-6-1-2-7-19/h3-5,8-9H,1-2,6-7,16H2. The van der Waals surface area contributed by atoms with Crippen molar-refractivity contribution in [3.05, 3.63) is 35.6 Å². The molecule has 0 saturated carbocycles. The number of nitrogens with two attached hydrogens (primary N) is 1. The average Bonchev–Trinajstić information content (AvgIpc) is 2.99. The first-order valence-corrected chi connectivity index (χ1v) is 7.72. The Labute approximate surface area is 127 Å². The molecule has 2 heterocycles. The Balaban J connectivity index is 1.76. The SMILES string of the molecule is Nc1cccc(Sc2cnc(N3CCCC3)cn2)c1Cl. The fourth-order valence-corrected chi connectivity index (χ4v) is 3.22. The summed E-state index contributed by atoms with van der Waals surface area (Å²) in [5.74, 6) is 0.950. The molecule has 1 saturated heterocycles. The van der Waals surface area contributed by atoms with Crippen molar-refractivity contribution in [2.45, 2.75) is 22.8 Å². The zero-order valence-corrected chi connectivity index (χ0v) is 12.5. The van der Waals surface area contributed by atoms with Crippen LogP contribution in [0.5, 0.6) is 0 Å². The molecular formula is C14H15ClN4S. The van der Waals surface area contributed by atoms with Crippen molar-refractivity contribution in [1.29, 1.82) is 0 Å². The van der Waals surface area contributed by atoms with Crippen LogP contribution >= 0.6 is 23.4 Å². The van der Waals surface area contributed by atoms with E-state index in [1.54, 1.807) is 12.3 Å². The number of hydrogen-bond acceptors (Lipinski definition) is 5. The van der Waals surface area contributed by atoms with E-state index in [-0.39, 0.29) is 0 Å². The van der Waals surface area contributed by atoms with Gasteiger partial charge in [-0.3, -0.25) is 0 Å². The van der Waals surface area contributed by atoms with Crippen LogP contribution < -0.4 is 10.6 Å². The lowest BCUT2D eigenvalue weighted by atomic mass is 10.3. The van der Waals surface area contributed by atoms with Crippen molar-refractivity contribution in [1.82, 2.24) is 9.97 Å². The van der Waals surface area contributed by atoms with Gasteiger partial charge in [-0.1, -0.05) is 29.4 Å². The molecule has 0 unspecified atom stereocenters. The lowest BCUT2D eigenvalue weighted by Gasteiger charge is -2.15. The topological polar surface area (TPSA) is 55.0 Å². The van der Waals surface area contributed by atoms with E-state index in [1.165, 1.54) is 24.6 Å². The van der Waals surface area contributed by atoms with Gasteiger partial charge in [0.05, 0.1) is 23.1 Å². The highest BCUT2D eigenvalue weighted by molar-refractivity contribution is 7.99. The van der Waals surface area contributed by atoms with E-state index in [1.807, 2.05) is 18.3 Å². The number of hydrogen-bond donors (Lipinski definition) is 1. The van der Waals surface area contributed by atoms with Gasteiger partial charge in [-0.25, -0.2) is 9.97 Å². The van der Waals surface area contributed by atoms with Crippen LogP contribution in [-0.4, -0.2) is 23.1 Å². The molecule has 4 nitrogen and oxygen atoms in total. The molecule has 0 radical (unpaired) electrons. The fraction of sp³-hybridized carbons (Fsp3) is 0.286. The highest BCUT2D eigenvalue weighted by Crippen LogP contribution is 2.35. The average molecular weight is 307 g/mol. The van der Waals surface area contributed by atoms with Gasteiger partial charge in [0, 0.05) is 18.0 Å². The largest absolute Gasteiger partial charge is 0.397 e. The van der Waals surface area contributed by atoms with Crippen LogP contribution in [0.1, 0.15) is 12.8 Å². The van der Waals surface area contributed by atoms with E-state index in [4.69, 9.17) is 17.3 Å². The van der Waals surface area contributed by atoms with Crippen molar-refractivity contribution in [3.8, 4) is 0 Å². The van der Waals surface area contributed by atoms with Gasteiger partial charge in [0.2, 0.25) is 0 Å². The second-order valence-electron chi connectivity index (χ2n) is 4.67. The maximum absolute atomic E-state index is 6.18. The Hall–Kier alpha value is -1.46. The smallest absolute Gasteiger partial charge is 0.147 e.